The van der Waals surface area contributed by atoms with Crippen molar-refractivity contribution in [3.05, 3.63) is 48.0 Å². The quantitative estimate of drug-likeness (QED) is 0.742. The number of ether oxygens (including phenoxy) is 1. The van der Waals surface area contributed by atoms with Crippen LogP contribution in [0.4, 0.5) is 17.5 Å². The molecule has 0 radical (unpaired) electrons. The van der Waals surface area contributed by atoms with Crippen LogP contribution in [-0.4, -0.2) is 23.6 Å². The van der Waals surface area contributed by atoms with E-state index in [1.54, 1.807) is 7.11 Å². The number of methoxy groups -OCH3 is 1. The lowest BCUT2D eigenvalue weighted by molar-refractivity contribution is 0.416. The SMILES string of the molecule is CCNc1nc(Nc2cc(C)ccc2OC)nc2ccccc12. The van der Waals surface area contributed by atoms with Crippen molar-refractivity contribution in [2.75, 3.05) is 24.3 Å². The van der Waals surface area contributed by atoms with Crippen LogP contribution < -0.4 is 15.4 Å². The van der Waals surface area contributed by atoms with Crippen molar-refractivity contribution in [2.24, 2.45) is 0 Å². The highest BCUT2D eigenvalue weighted by Gasteiger charge is 2.09. The van der Waals surface area contributed by atoms with Crippen LogP contribution in [0.1, 0.15) is 12.5 Å². The second-order valence-electron chi connectivity index (χ2n) is 5.27. The zero-order chi connectivity index (χ0) is 16.2. The average molecular weight is 308 g/mol. The van der Waals surface area contributed by atoms with Gasteiger partial charge in [-0.15, -0.1) is 0 Å². The Bertz CT molecular complexity index is 832. The van der Waals surface area contributed by atoms with Crippen molar-refractivity contribution in [3.63, 3.8) is 0 Å². The van der Waals surface area contributed by atoms with E-state index >= 15 is 0 Å². The first-order valence-corrected chi connectivity index (χ1v) is 7.63. The monoisotopic (exact) mass is 308 g/mol. The summed E-state index contributed by atoms with van der Waals surface area (Å²) in [5.41, 5.74) is 2.89. The minimum atomic E-state index is 0.545. The Morgan fingerprint density at radius 1 is 1.09 bits per heavy atom. The first-order valence-electron chi connectivity index (χ1n) is 7.63. The highest BCUT2D eigenvalue weighted by molar-refractivity contribution is 5.90. The molecule has 5 nitrogen and oxygen atoms in total. The molecular weight excluding hydrogens is 288 g/mol. The molecule has 0 aliphatic heterocycles. The zero-order valence-electron chi connectivity index (χ0n) is 13.6. The smallest absolute Gasteiger partial charge is 0.229 e. The van der Waals surface area contributed by atoms with Gasteiger partial charge in [0.25, 0.3) is 0 Å². The molecule has 118 valence electrons. The Kier molecular flexibility index (Phi) is 4.28. The van der Waals surface area contributed by atoms with Crippen molar-refractivity contribution in [1.29, 1.82) is 0 Å². The number of anilines is 3. The van der Waals surface area contributed by atoms with Gasteiger partial charge in [0.1, 0.15) is 11.6 Å². The molecule has 3 rings (SSSR count). The Hall–Kier alpha value is -2.82. The van der Waals surface area contributed by atoms with Gasteiger partial charge in [-0.3, -0.25) is 0 Å². The molecular formula is C18H20N4O. The number of fused-ring (bicyclic) bond motifs is 1. The highest BCUT2D eigenvalue weighted by Crippen LogP contribution is 2.29. The van der Waals surface area contributed by atoms with E-state index in [0.29, 0.717) is 5.95 Å². The summed E-state index contributed by atoms with van der Waals surface area (Å²) in [5, 5.41) is 7.57. The van der Waals surface area contributed by atoms with Gasteiger partial charge in [0.05, 0.1) is 18.3 Å². The molecule has 2 aromatic carbocycles. The summed E-state index contributed by atoms with van der Waals surface area (Å²) >= 11 is 0. The van der Waals surface area contributed by atoms with Crippen molar-refractivity contribution in [2.45, 2.75) is 13.8 Å². The molecule has 23 heavy (non-hydrogen) atoms. The predicted molar refractivity (Wildman–Crippen MR) is 94.7 cm³/mol. The van der Waals surface area contributed by atoms with E-state index in [4.69, 9.17) is 4.74 Å². The topological polar surface area (TPSA) is 59.1 Å². The van der Waals surface area contributed by atoms with Crippen LogP contribution in [0.3, 0.4) is 0 Å². The maximum absolute atomic E-state index is 5.40. The van der Waals surface area contributed by atoms with Crippen LogP contribution in [0, 0.1) is 6.92 Å². The molecule has 0 unspecified atom stereocenters. The third-order valence-corrected chi connectivity index (χ3v) is 3.55. The van der Waals surface area contributed by atoms with Gasteiger partial charge in [-0.05, 0) is 43.7 Å². The second-order valence-corrected chi connectivity index (χ2v) is 5.27. The normalized spacial score (nSPS) is 10.6. The summed E-state index contributed by atoms with van der Waals surface area (Å²) in [6, 6.07) is 13.9. The average Bonchev–Trinajstić information content (AvgIpc) is 2.55. The number of nitrogens with zero attached hydrogens (tertiary/aromatic N) is 2. The Morgan fingerprint density at radius 2 is 1.91 bits per heavy atom. The van der Waals surface area contributed by atoms with Crippen molar-refractivity contribution in [3.8, 4) is 5.75 Å². The van der Waals surface area contributed by atoms with Gasteiger partial charge in [0, 0.05) is 11.9 Å². The molecule has 0 spiro atoms. The van der Waals surface area contributed by atoms with Gasteiger partial charge in [-0.1, -0.05) is 18.2 Å². The number of benzene rings is 2. The van der Waals surface area contributed by atoms with E-state index in [1.165, 1.54) is 0 Å². The summed E-state index contributed by atoms with van der Waals surface area (Å²) in [5.74, 6) is 2.13. The molecule has 0 atom stereocenters. The fraction of sp³-hybridized carbons (Fsp3) is 0.222. The van der Waals surface area contributed by atoms with Crippen LogP contribution in [0.15, 0.2) is 42.5 Å². The number of hydrogen-bond acceptors (Lipinski definition) is 5. The Labute approximate surface area is 135 Å². The summed E-state index contributed by atoms with van der Waals surface area (Å²) in [4.78, 5) is 9.20. The molecule has 0 aliphatic rings. The van der Waals surface area contributed by atoms with Crippen molar-refractivity contribution < 1.29 is 4.74 Å². The predicted octanol–water partition coefficient (Wildman–Crippen LogP) is 4.12. The molecule has 0 saturated heterocycles. The van der Waals surface area contributed by atoms with E-state index in [0.717, 1.165) is 40.3 Å². The first-order chi connectivity index (χ1) is 11.2. The van der Waals surface area contributed by atoms with Gasteiger partial charge in [-0.25, -0.2) is 4.98 Å². The molecule has 1 heterocycles. The lowest BCUT2D eigenvalue weighted by atomic mass is 10.2. The largest absolute Gasteiger partial charge is 0.495 e. The minimum Gasteiger partial charge on any atom is -0.495 e. The van der Waals surface area contributed by atoms with Crippen LogP contribution in [0.5, 0.6) is 5.75 Å². The maximum atomic E-state index is 5.40. The van der Waals surface area contributed by atoms with Gasteiger partial charge in [-0.2, -0.15) is 4.98 Å². The fourth-order valence-corrected chi connectivity index (χ4v) is 2.47. The first kappa shape index (κ1) is 15.1. The summed E-state index contributed by atoms with van der Waals surface area (Å²) < 4.78 is 5.40. The standard InChI is InChI=1S/C18H20N4O/c1-4-19-17-13-7-5-6-8-14(13)20-18(22-17)21-15-11-12(2)9-10-16(15)23-3/h5-11H,4H2,1-3H3,(H2,19,20,21,22). The molecule has 0 bridgehead atoms. The number of aryl methyl sites for hydroxylation is 1. The van der Waals surface area contributed by atoms with E-state index in [1.807, 2.05) is 56.3 Å². The Balaban J connectivity index is 2.05. The van der Waals surface area contributed by atoms with Gasteiger partial charge in [0.15, 0.2) is 0 Å². The third-order valence-electron chi connectivity index (χ3n) is 3.55. The number of aromatic nitrogens is 2. The fourth-order valence-electron chi connectivity index (χ4n) is 2.47. The van der Waals surface area contributed by atoms with Crippen LogP contribution >= 0.6 is 0 Å². The van der Waals surface area contributed by atoms with Crippen LogP contribution in [0.25, 0.3) is 10.9 Å². The lowest BCUT2D eigenvalue weighted by Crippen LogP contribution is -2.05. The maximum Gasteiger partial charge on any atom is 0.229 e. The van der Waals surface area contributed by atoms with E-state index in [2.05, 4.69) is 20.6 Å². The van der Waals surface area contributed by atoms with E-state index < -0.39 is 0 Å². The van der Waals surface area contributed by atoms with Gasteiger partial charge < -0.3 is 15.4 Å². The minimum absolute atomic E-state index is 0.545. The van der Waals surface area contributed by atoms with Crippen LogP contribution in [0.2, 0.25) is 0 Å². The Morgan fingerprint density at radius 3 is 2.70 bits per heavy atom. The molecule has 0 aliphatic carbocycles. The summed E-state index contributed by atoms with van der Waals surface area (Å²) in [6.07, 6.45) is 0. The number of para-hydroxylation sites is 1. The number of rotatable bonds is 5. The third kappa shape index (κ3) is 3.18. The molecule has 0 amide bonds. The van der Waals surface area contributed by atoms with Crippen molar-refractivity contribution >= 4 is 28.4 Å². The van der Waals surface area contributed by atoms with E-state index in [-0.39, 0.29) is 0 Å². The molecule has 0 saturated carbocycles. The molecule has 1 aromatic heterocycles. The van der Waals surface area contributed by atoms with Crippen LogP contribution in [-0.2, 0) is 0 Å². The highest BCUT2D eigenvalue weighted by atomic mass is 16.5. The molecule has 2 N–H and O–H groups in total. The second kappa shape index (κ2) is 6.52. The molecule has 3 aromatic rings. The number of nitrogens with one attached hydrogen (secondary N) is 2. The number of hydrogen-bond donors (Lipinski definition) is 2. The zero-order valence-corrected chi connectivity index (χ0v) is 13.6. The summed E-state index contributed by atoms with van der Waals surface area (Å²) in [6.45, 7) is 4.89. The molecule has 5 heteroatoms. The summed E-state index contributed by atoms with van der Waals surface area (Å²) in [7, 11) is 1.65. The molecule has 0 fully saturated rings. The van der Waals surface area contributed by atoms with Crippen molar-refractivity contribution in [1.82, 2.24) is 9.97 Å². The van der Waals surface area contributed by atoms with E-state index in [9.17, 15) is 0 Å². The van der Waals surface area contributed by atoms with Gasteiger partial charge in [0.2, 0.25) is 5.95 Å². The lowest BCUT2D eigenvalue weighted by Gasteiger charge is -2.13. The van der Waals surface area contributed by atoms with Gasteiger partial charge >= 0.3 is 0 Å².